The third kappa shape index (κ3) is 11.8. The Morgan fingerprint density at radius 2 is 0.581 bits per heavy atom. The number of hydrogen-bond donors (Lipinski definition) is 0. The average Bonchev–Trinajstić information content (AvgIpc) is 2.73. The summed E-state index contributed by atoms with van der Waals surface area (Å²) in [7, 11) is 0. The van der Waals surface area contributed by atoms with Gasteiger partial charge in [0.2, 0.25) is 0 Å². The van der Waals surface area contributed by atoms with Crippen LogP contribution in [0.15, 0.2) is 97.1 Å². The van der Waals surface area contributed by atoms with E-state index in [9.17, 15) is 0 Å². The Morgan fingerprint density at radius 3 is 0.806 bits per heavy atom. The van der Waals surface area contributed by atoms with Crippen LogP contribution in [-0.4, -0.2) is 58.2 Å². The minimum Gasteiger partial charge on any atom is -0.184 e. The van der Waals surface area contributed by atoms with Crippen LogP contribution in [-0.2, 0) is 84.7 Å². The van der Waals surface area contributed by atoms with E-state index in [1.807, 2.05) is 24.3 Å². The van der Waals surface area contributed by atoms with Crippen molar-refractivity contribution in [3.63, 3.8) is 0 Å². The van der Waals surface area contributed by atoms with Gasteiger partial charge in [0.25, 0.3) is 0 Å². The van der Waals surface area contributed by atoms with Crippen molar-refractivity contribution in [2.45, 2.75) is 19.3 Å². The molecule has 4 rings (SSSR count). The first-order chi connectivity index (χ1) is 13.3. The van der Waals surface area contributed by atoms with Crippen LogP contribution in [0.3, 0.4) is 0 Å². The van der Waals surface area contributed by atoms with Crippen molar-refractivity contribution < 1.29 is 110 Å². The molecule has 0 spiro atoms. The van der Waals surface area contributed by atoms with Gasteiger partial charge >= 0.3 is 0 Å². The first-order valence-corrected chi connectivity index (χ1v) is 9.41. The van der Waals surface area contributed by atoms with Crippen LogP contribution >= 0.6 is 0 Å². The summed E-state index contributed by atoms with van der Waals surface area (Å²) in [5.41, 5.74) is 8.06. The van der Waals surface area contributed by atoms with Gasteiger partial charge in [0.15, 0.2) is 0 Å². The minimum atomic E-state index is 0. The standard InChI is InChI=1S/C27H22.Ra.Rb.2Y/c1-3-7-22(8-4-1)19-24-11-15-26(16-12-24)21-27-17-13-25(14-18-27)20-23-9-5-2-6-10-23;;;;/h3-18H,19-21H2;;;;/q-2;;;;. The summed E-state index contributed by atoms with van der Waals surface area (Å²) in [4.78, 5) is 0. The van der Waals surface area contributed by atoms with Gasteiger partial charge in [-0.3, -0.25) is 0 Å². The SMILES string of the molecule is [Ra].[Rb].[Y].[Y].[c-]1ccc(Cc2ccc(Cc3ccc(Cc4cc[c-]cc4)cc3)cc2)cc1. The molecule has 4 aromatic carbocycles. The molecule has 0 atom stereocenters. The molecule has 0 amide bonds. The average molecular weight is 836 g/mol. The van der Waals surface area contributed by atoms with Crippen molar-refractivity contribution >= 4 is 58.2 Å². The topological polar surface area (TPSA) is 0 Å². The molecule has 0 fully saturated rings. The first-order valence-electron chi connectivity index (χ1n) is 9.41. The van der Waals surface area contributed by atoms with Gasteiger partial charge in [0.05, 0.1) is 0 Å². The van der Waals surface area contributed by atoms with Crippen molar-refractivity contribution in [1.29, 1.82) is 0 Å². The molecular weight excluding hydrogens is 814 g/mol. The molecule has 4 heteroatoms. The summed E-state index contributed by atoms with van der Waals surface area (Å²) >= 11 is 0. The van der Waals surface area contributed by atoms with Crippen molar-refractivity contribution in [2.24, 2.45) is 0 Å². The molecule has 0 aliphatic rings. The predicted octanol–water partition coefficient (Wildman–Crippen LogP) is 5.67. The van der Waals surface area contributed by atoms with Crippen LogP contribution in [0.25, 0.3) is 0 Å². The van der Waals surface area contributed by atoms with E-state index < -0.39 is 0 Å². The van der Waals surface area contributed by atoms with E-state index in [4.69, 9.17) is 0 Å². The summed E-state index contributed by atoms with van der Waals surface area (Å²) < 4.78 is 0. The zero-order valence-electron chi connectivity index (χ0n) is 18.2. The first kappa shape index (κ1) is 33.4. The molecule has 0 saturated carbocycles. The van der Waals surface area contributed by atoms with Crippen LogP contribution in [0.2, 0.25) is 0 Å². The quantitative estimate of drug-likeness (QED) is 0.220. The normalized spacial score (nSPS) is 9.29. The Hall–Kier alpha value is 2.36. The maximum Gasteiger partial charge on any atom is 0 e. The second kappa shape index (κ2) is 18.6. The molecular formula is C27H22RaRbY2-2. The Kier molecular flexibility index (Phi) is 20.0. The van der Waals surface area contributed by atoms with Crippen LogP contribution in [0.1, 0.15) is 33.4 Å². The van der Waals surface area contributed by atoms with E-state index in [1.165, 1.54) is 33.4 Å². The molecule has 0 nitrogen and oxygen atoms in total. The largest absolute Gasteiger partial charge is 0.184 e. The van der Waals surface area contributed by atoms with Crippen LogP contribution in [0.5, 0.6) is 0 Å². The molecule has 0 aliphatic carbocycles. The summed E-state index contributed by atoms with van der Waals surface area (Å²) in [5, 5.41) is 0. The summed E-state index contributed by atoms with van der Waals surface area (Å²) in [6.45, 7) is 0. The van der Waals surface area contributed by atoms with Gasteiger partial charge in [-0.25, -0.2) is 0 Å². The molecule has 31 heavy (non-hydrogen) atoms. The maximum atomic E-state index is 3.07. The minimum absolute atomic E-state index is 0. The molecule has 0 bridgehead atoms. The third-order valence-corrected chi connectivity index (χ3v) is 4.85. The number of benzene rings is 4. The zero-order valence-corrected chi connectivity index (χ0v) is 34.6. The van der Waals surface area contributed by atoms with Gasteiger partial charge in [-0.1, -0.05) is 48.5 Å². The van der Waals surface area contributed by atoms with Gasteiger partial charge in [-0.15, -0.1) is 0 Å². The van der Waals surface area contributed by atoms with Crippen molar-refractivity contribution in [1.82, 2.24) is 0 Å². The van der Waals surface area contributed by atoms with Gasteiger partial charge in [0, 0.05) is 169 Å². The molecule has 0 unspecified atom stereocenters. The van der Waals surface area contributed by atoms with Gasteiger partial charge < -0.3 is 0 Å². The Morgan fingerprint density at radius 1 is 0.387 bits per heavy atom. The Balaban J connectivity index is 0.00000225. The number of hydrogen-bond acceptors (Lipinski definition) is 0. The van der Waals surface area contributed by atoms with Gasteiger partial charge in [-0.2, -0.15) is 71.8 Å². The monoisotopic (exact) mass is 835 g/mol. The molecule has 0 aliphatic heterocycles. The summed E-state index contributed by atoms with van der Waals surface area (Å²) in [6, 6.07) is 40.5. The fourth-order valence-electron chi connectivity index (χ4n) is 3.34. The molecule has 4 aromatic rings. The fraction of sp³-hybridized carbons (Fsp3) is 0.111. The maximum absolute atomic E-state index is 3.07. The van der Waals surface area contributed by atoms with Crippen molar-refractivity contribution in [2.75, 3.05) is 0 Å². The Labute approximate surface area is 323 Å². The van der Waals surface area contributed by atoms with Crippen molar-refractivity contribution in [3.8, 4) is 0 Å². The third-order valence-electron chi connectivity index (χ3n) is 4.85. The fourth-order valence-corrected chi connectivity index (χ4v) is 3.34. The Bertz CT molecular complexity index is 890. The smallest absolute Gasteiger partial charge is 0 e. The van der Waals surface area contributed by atoms with E-state index in [-0.39, 0.29) is 169 Å². The van der Waals surface area contributed by atoms with Crippen LogP contribution in [0.4, 0.5) is 0 Å². The van der Waals surface area contributed by atoms with E-state index in [1.54, 1.807) is 0 Å². The second-order valence-corrected chi connectivity index (χ2v) is 6.98. The van der Waals surface area contributed by atoms with E-state index in [0.29, 0.717) is 0 Å². The van der Waals surface area contributed by atoms with Gasteiger partial charge in [0.1, 0.15) is 0 Å². The van der Waals surface area contributed by atoms with E-state index in [0.717, 1.165) is 19.3 Å². The zero-order chi connectivity index (χ0) is 18.3. The molecule has 0 heterocycles. The molecule has 0 aromatic heterocycles. The van der Waals surface area contributed by atoms with E-state index >= 15 is 0 Å². The molecule has 5 radical (unpaired) electrons. The molecule has 141 valence electrons. The second-order valence-electron chi connectivity index (χ2n) is 6.98. The van der Waals surface area contributed by atoms with Crippen LogP contribution in [0, 0.1) is 57.1 Å². The summed E-state index contributed by atoms with van der Waals surface area (Å²) in [6.07, 6.45) is 2.92. The molecule has 0 N–H and O–H groups in total. The van der Waals surface area contributed by atoms with E-state index in [2.05, 4.69) is 84.9 Å². The van der Waals surface area contributed by atoms with Crippen molar-refractivity contribution in [3.05, 3.63) is 143 Å². The predicted molar refractivity (Wildman–Crippen MR) is 118 cm³/mol. The van der Waals surface area contributed by atoms with Gasteiger partial charge in [-0.05, 0) is 41.5 Å². The van der Waals surface area contributed by atoms with Crippen LogP contribution < -0.4 is 0 Å². The molecule has 0 saturated heterocycles. The number of rotatable bonds is 6. The summed E-state index contributed by atoms with van der Waals surface area (Å²) in [5.74, 6) is 0.